The molecule has 6 heteroatoms. The van der Waals surface area contributed by atoms with Crippen LogP contribution in [-0.2, 0) is 14.3 Å². The highest BCUT2D eigenvalue weighted by molar-refractivity contribution is 5.71. The Balaban J connectivity index is 2.00. The standard InChI is InChI=1S/C21H38N2O4/c1-5-26-19(24)16-23(14-17-10-7-6-8-11-17)18-12-9-13-22(15-18)20(25)27-21(2,3)4/h17-18H,5-16H2,1-4H3/t18-/m0/s1. The van der Waals surface area contributed by atoms with Crippen molar-refractivity contribution in [1.29, 1.82) is 0 Å². The zero-order valence-corrected chi connectivity index (χ0v) is 17.7. The van der Waals surface area contributed by atoms with Crippen LogP contribution in [0.4, 0.5) is 4.79 Å². The lowest BCUT2D eigenvalue weighted by atomic mass is 9.88. The largest absolute Gasteiger partial charge is 0.465 e. The first kappa shape index (κ1) is 22.0. The molecule has 0 N–H and O–H groups in total. The molecule has 6 nitrogen and oxygen atoms in total. The minimum absolute atomic E-state index is 0.164. The summed E-state index contributed by atoms with van der Waals surface area (Å²) >= 11 is 0. The van der Waals surface area contributed by atoms with Crippen molar-refractivity contribution in [2.24, 2.45) is 5.92 Å². The molecule has 0 aromatic rings. The van der Waals surface area contributed by atoms with Crippen LogP contribution in [-0.4, -0.2) is 66.3 Å². The van der Waals surface area contributed by atoms with E-state index in [0.717, 1.165) is 25.9 Å². The number of nitrogens with zero attached hydrogens (tertiary/aromatic N) is 2. The molecule has 156 valence electrons. The number of rotatable bonds is 6. The van der Waals surface area contributed by atoms with Gasteiger partial charge in [0.05, 0.1) is 13.2 Å². The second-order valence-electron chi connectivity index (χ2n) is 8.96. The SMILES string of the molecule is CCOC(=O)CN(CC1CCCCC1)[C@H]1CCCN(C(=O)OC(C)(C)C)C1. The molecule has 1 heterocycles. The maximum atomic E-state index is 12.5. The van der Waals surface area contributed by atoms with E-state index in [1.807, 2.05) is 27.7 Å². The van der Waals surface area contributed by atoms with Crippen LogP contribution in [0.3, 0.4) is 0 Å². The van der Waals surface area contributed by atoms with E-state index in [4.69, 9.17) is 9.47 Å². The number of carbonyl (C=O) groups excluding carboxylic acids is 2. The van der Waals surface area contributed by atoms with Gasteiger partial charge in [-0.2, -0.15) is 0 Å². The molecule has 1 atom stereocenters. The number of hydrogen-bond acceptors (Lipinski definition) is 5. The molecule has 2 rings (SSSR count). The molecule has 2 aliphatic rings. The zero-order valence-electron chi connectivity index (χ0n) is 17.7. The lowest BCUT2D eigenvalue weighted by molar-refractivity contribution is -0.145. The minimum atomic E-state index is -0.489. The molecule has 0 bridgehead atoms. The van der Waals surface area contributed by atoms with E-state index >= 15 is 0 Å². The van der Waals surface area contributed by atoms with Gasteiger partial charge in [-0.25, -0.2) is 4.79 Å². The molecule has 1 saturated heterocycles. The third-order valence-electron chi connectivity index (χ3n) is 5.42. The highest BCUT2D eigenvalue weighted by Crippen LogP contribution is 2.27. The molecule has 27 heavy (non-hydrogen) atoms. The summed E-state index contributed by atoms with van der Waals surface area (Å²) in [6.07, 6.45) is 8.06. The first-order valence-electron chi connectivity index (χ1n) is 10.7. The fraction of sp³-hybridized carbons (Fsp3) is 0.905. The van der Waals surface area contributed by atoms with E-state index in [1.54, 1.807) is 4.90 Å². The second-order valence-corrected chi connectivity index (χ2v) is 8.96. The number of likely N-dealkylation sites (tertiary alicyclic amines) is 1. The van der Waals surface area contributed by atoms with Gasteiger partial charge >= 0.3 is 12.1 Å². The van der Waals surface area contributed by atoms with Crippen LogP contribution in [0.2, 0.25) is 0 Å². The van der Waals surface area contributed by atoms with Crippen molar-refractivity contribution in [1.82, 2.24) is 9.80 Å². The normalized spacial score (nSPS) is 22.0. The van der Waals surface area contributed by atoms with Crippen molar-refractivity contribution in [3.05, 3.63) is 0 Å². The number of carbonyl (C=O) groups is 2. The Labute approximate surface area is 164 Å². The average Bonchev–Trinajstić information content (AvgIpc) is 2.61. The maximum Gasteiger partial charge on any atom is 0.410 e. The Bertz CT molecular complexity index is 483. The summed E-state index contributed by atoms with van der Waals surface area (Å²) in [5.41, 5.74) is -0.489. The Morgan fingerprint density at radius 2 is 1.78 bits per heavy atom. The lowest BCUT2D eigenvalue weighted by Gasteiger charge is -2.41. The number of amides is 1. The summed E-state index contributed by atoms with van der Waals surface area (Å²) in [6, 6.07) is 0.192. The molecular weight excluding hydrogens is 344 g/mol. The Kier molecular flexibility index (Phi) is 8.39. The molecule has 1 aliphatic carbocycles. The number of hydrogen-bond donors (Lipinski definition) is 0. The molecule has 1 aliphatic heterocycles. The highest BCUT2D eigenvalue weighted by atomic mass is 16.6. The summed E-state index contributed by atoms with van der Waals surface area (Å²) in [5, 5.41) is 0. The van der Waals surface area contributed by atoms with Crippen LogP contribution in [0.25, 0.3) is 0 Å². The fourth-order valence-electron chi connectivity index (χ4n) is 4.16. The third-order valence-corrected chi connectivity index (χ3v) is 5.42. The van der Waals surface area contributed by atoms with Crippen molar-refractivity contribution in [3.8, 4) is 0 Å². The molecule has 0 unspecified atom stereocenters. The smallest absolute Gasteiger partial charge is 0.410 e. The Morgan fingerprint density at radius 3 is 2.41 bits per heavy atom. The molecule has 2 fully saturated rings. The fourth-order valence-corrected chi connectivity index (χ4v) is 4.16. The second kappa shape index (κ2) is 10.3. The monoisotopic (exact) mass is 382 g/mol. The third kappa shape index (κ3) is 7.68. The first-order chi connectivity index (χ1) is 12.8. The van der Waals surface area contributed by atoms with Crippen molar-refractivity contribution in [2.75, 3.05) is 32.8 Å². The van der Waals surface area contributed by atoms with Gasteiger partial charge in [0.25, 0.3) is 0 Å². The lowest BCUT2D eigenvalue weighted by Crippen LogP contribution is -2.53. The Hall–Kier alpha value is -1.30. The number of esters is 1. The van der Waals surface area contributed by atoms with Gasteiger partial charge in [-0.15, -0.1) is 0 Å². The van der Waals surface area contributed by atoms with E-state index in [1.165, 1.54) is 32.1 Å². The van der Waals surface area contributed by atoms with Crippen LogP contribution in [0.5, 0.6) is 0 Å². The molecule has 1 amide bonds. The quantitative estimate of drug-likeness (QED) is 0.654. The van der Waals surface area contributed by atoms with E-state index in [9.17, 15) is 9.59 Å². The zero-order chi connectivity index (χ0) is 19.9. The van der Waals surface area contributed by atoms with E-state index < -0.39 is 5.60 Å². The number of piperidine rings is 1. The van der Waals surface area contributed by atoms with Gasteiger partial charge in [-0.05, 0) is 59.3 Å². The predicted octanol–water partition coefficient (Wildman–Crippen LogP) is 3.83. The van der Waals surface area contributed by atoms with Crippen LogP contribution in [0.1, 0.15) is 72.6 Å². The minimum Gasteiger partial charge on any atom is -0.465 e. The summed E-state index contributed by atoms with van der Waals surface area (Å²) in [5.74, 6) is 0.479. The molecule has 0 radical (unpaired) electrons. The van der Waals surface area contributed by atoms with Crippen LogP contribution in [0, 0.1) is 5.92 Å². The predicted molar refractivity (Wildman–Crippen MR) is 106 cm³/mol. The molecule has 0 aromatic carbocycles. The van der Waals surface area contributed by atoms with Crippen LogP contribution < -0.4 is 0 Å². The Morgan fingerprint density at radius 1 is 1.07 bits per heavy atom. The van der Waals surface area contributed by atoms with Crippen LogP contribution >= 0.6 is 0 Å². The molecular formula is C21H38N2O4. The van der Waals surface area contributed by atoms with E-state index in [0.29, 0.717) is 25.6 Å². The van der Waals surface area contributed by atoms with Crippen molar-refractivity contribution >= 4 is 12.1 Å². The summed E-state index contributed by atoms with van der Waals surface area (Å²) < 4.78 is 10.8. The average molecular weight is 383 g/mol. The van der Waals surface area contributed by atoms with E-state index in [2.05, 4.69) is 4.90 Å². The molecule has 0 spiro atoms. The first-order valence-corrected chi connectivity index (χ1v) is 10.7. The molecule has 1 saturated carbocycles. The van der Waals surface area contributed by atoms with E-state index in [-0.39, 0.29) is 18.1 Å². The van der Waals surface area contributed by atoms with Gasteiger partial charge in [0, 0.05) is 25.7 Å². The van der Waals surface area contributed by atoms with Gasteiger partial charge in [0.2, 0.25) is 0 Å². The summed E-state index contributed by atoms with van der Waals surface area (Å²) in [7, 11) is 0. The summed E-state index contributed by atoms with van der Waals surface area (Å²) in [4.78, 5) is 28.7. The van der Waals surface area contributed by atoms with Gasteiger partial charge in [-0.1, -0.05) is 19.3 Å². The van der Waals surface area contributed by atoms with Crippen molar-refractivity contribution in [3.63, 3.8) is 0 Å². The van der Waals surface area contributed by atoms with Crippen molar-refractivity contribution < 1.29 is 19.1 Å². The van der Waals surface area contributed by atoms with Gasteiger partial charge < -0.3 is 14.4 Å². The van der Waals surface area contributed by atoms with Gasteiger partial charge in [-0.3, -0.25) is 9.69 Å². The summed E-state index contributed by atoms with van der Waals surface area (Å²) in [6.45, 7) is 10.5. The van der Waals surface area contributed by atoms with Gasteiger partial charge in [0.1, 0.15) is 5.60 Å². The molecule has 0 aromatic heterocycles. The number of ether oxygens (including phenoxy) is 2. The van der Waals surface area contributed by atoms with Crippen molar-refractivity contribution in [2.45, 2.75) is 84.3 Å². The maximum absolute atomic E-state index is 12.5. The highest BCUT2D eigenvalue weighted by Gasteiger charge is 2.32. The van der Waals surface area contributed by atoms with Crippen LogP contribution in [0.15, 0.2) is 0 Å². The topological polar surface area (TPSA) is 59.1 Å². The van der Waals surface area contributed by atoms with Gasteiger partial charge in [0.15, 0.2) is 0 Å².